The molecule has 1 aromatic rings. The highest BCUT2D eigenvalue weighted by molar-refractivity contribution is 5.92. The molecule has 0 aromatic heterocycles. The second-order valence-electron chi connectivity index (χ2n) is 5.69. The fraction of sp³-hybridized carbons (Fsp3) is 0.556. The van der Waals surface area contributed by atoms with Crippen LogP contribution in [0.1, 0.15) is 80.1 Å². The molecule has 2 N–H and O–H groups in total. The van der Waals surface area contributed by atoms with Gasteiger partial charge in [0.1, 0.15) is 0 Å². The van der Waals surface area contributed by atoms with E-state index in [-0.39, 0.29) is 5.56 Å². The van der Waals surface area contributed by atoms with E-state index in [2.05, 4.69) is 6.92 Å². The lowest BCUT2D eigenvalue weighted by Crippen LogP contribution is -2.15. The molecule has 0 heterocycles. The first-order chi connectivity index (χ1) is 10.6. The van der Waals surface area contributed by atoms with Crippen LogP contribution in [0.3, 0.4) is 0 Å². The highest BCUT2D eigenvalue weighted by Gasteiger charge is 2.24. The molecule has 0 amide bonds. The van der Waals surface area contributed by atoms with Gasteiger partial charge >= 0.3 is 11.9 Å². The largest absolute Gasteiger partial charge is 0.481 e. The molecule has 22 heavy (non-hydrogen) atoms. The van der Waals surface area contributed by atoms with Gasteiger partial charge in [0, 0.05) is 0 Å². The average Bonchev–Trinajstić information content (AvgIpc) is 2.49. The number of unbranched alkanes of at least 4 members (excludes halogenated alkanes) is 6. The van der Waals surface area contributed by atoms with Crippen molar-refractivity contribution in [2.75, 3.05) is 0 Å². The predicted octanol–water partition coefficient (Wildman–Crippen LogP) is 4.69. The number of carboxylic acids is 2. The van der Waals surface area contributed by atoms with Gasteiger partial charge in [-0.05, 0) is 18.1 Å². The third kappa shape index (κ3) is 5.88. The molecule has 0 radical (unpaired) electrons. The van der Waals surface area contributed by atoms with Crippen molar-refractivity contribution in [1.29, 1.82) is 0 Å². The smallest absolute Gasteiger partial charge is 0.335 e. The van der Waals surface area contributed by atoms with E-state index in [0.29, 0.717) is 12.0 Å². The highest BCUT2D eigenvalue weighted by Crippen LogP contribution is 2.26. The van der Waals surface area contributed by atoms with Crippen LogP contribution in [0.15, 0.2) is 24.3 Å². The Morgan fingerprint density at radius 3 is 2.14 bits per heavy atom. The molecule has 0 fully saturated rings. The lowest BCUT2D eigenvalue weighted by molar-refractivity contribution is -0.139. The fourth-order valence-corrected chi connectivity index (χ4v) is 2.71. The first-order valence-electron chi connectivity index (χ1n) is 8.13. The topological polar surface area (TPSA) is 74.6 Å². The minimum Gasteiger partial charge on any atom is -0.481 e. The van der Waals surface area contributed by atoms with E-state index in [1.54, 1.807) is 18.2 Å². The summed E-state index contributed by atoms with van der Waals surface area (Å²) in [7, 11) is 0. The minimum absolute atomic E-state index is 0.0952. The quantitative estimate of drug-likeness (QED) is 0.581. The Kier molecular flexibility index (Phi) is 8.26. The molecular weight excluding hydrogens is 280 g/mol. The number of aliphatic carboxylic acids is 1. The van der Waals surface area contributed by atoms with Crippen molar-refractivity contribution in [3.8, 4) is 0 Å². The second kappa shape index (κ2) is 9.98. The molecule has 0 saturated heterocycles. The number of carboxylic acid groups (broad SMARTS) is 2. The Balaban J connectivity index is 2.56. The monoisotopic (exact) mass is 306 g/mol. The van der Waals surface area contributed by atoms with Gasteiger partial charge in [0.2, 0.25) is 0 Å². The zero-order chi connectivity index (χ0) is 16.4. The molecule has 1 atom stereocenters. The van der Waals surface area contributed by atoms with E-state index in [1.807, 2.05) is 0 Å². The zero-order valence-corrected chi connectivity index (χ0v) is 13.3. The van der Waals surface area contributed by atoms with E-state index >= 15 is 0 Å². The summed E-state index contributed by atoms with van der Waals surface area (Å²) in [6, 6.07) is 6.41. The van der Waals surface area contributed by atoms with Gasteiger partial charge in [-0.15, -0.1) is 0 Å². The molecule has 1 unspecified atom stereocenters. The van der Waals surface area contributed by atoms with Crippen LogP contribution in [0, 0.1) is 0 Å². The zero-order valence-electron chi connectivity index (χ0n) is 13.3. The number of aromatic carboxylic acids is 1. The summed E-state index contributed by atoms with van der Waals surface area (Å²) in [5.41, 5.74) is 0.506. The number of hydrogen-bond acceptors (Lipinski definition) is 2. The van der Waals surface area contributed by atoms with Crippen molar-refractivity contribution in [2.24, 2.45) is 0 Å². The number of hydrogen-bond donors (Lipinski definition) is 2. The van der Waals surface area contributed by atoms with Gasteiger partial charge in [-0.1, -0.05) is 70.1 Å². The van der Waals surface area contributed by atoms with Gasteiger partial charge < -0.3 is 10.2 Å². The van der Waals surface area contributed by atoms with Crippen LogP contribution < -0.4 is 0 Å². The van der Waals surface area contributed by atoms with Crippen LogP contribution in [0.4, 0.5) is 0 Å². The van der Waals surface area contributed by atoms with Gasteiger partial charge in [0.05, 0.1) is 11.5 Å². The van der Waals surface area contributed by atoms with Crippen LogP contribution in [-0.2, 0) is 4.79 Å². The molecule has 1 aromatic carbocycles. The standard InChI is InChI=1S/C18H26O4/c1-2-3-4-5-6-7-8-12-15(17(19)20)14-11-9-10-13-16(14)18(21)22/h9-11,13,15H,2-8,12H2,1H3,(H,19,20)(H,21,22). The maximum atomic E-state index is 11.5. The summed E-state index contributed by atoms with van der Waals surface area (Å²) in [4.78, 5) is 22.7. The Bertz CT molecular complexity index is 482. The molecule has 0 bridgehead atoms. The summed E-state index contributed by atoms with van der Waals surface area (Å²) < 4.78 is 0. The fourth-order valence-electron chi connectivity index (χ4n) is 2.71. The lowest BCUT2D eigenvalue weighted by atomic mass is 9.89. The van der Waals surface area contributed by atoms with Crippen molar-refractivity contribution < 1.29 is 19.8 Å². The minimum atomic E-state index is -1.07. The highest BCUT2D eigenvalue weighted by atomic mass is 16.4. The molecule has 0 aliphatic rings. The van der Waals surface area contributed by atoms with Gasteiger partial charge in [-0.2, -0.15) is 0 Å². The molecular formula is C18H26O4. The van der Waals surface area contributed by atoms with Crippen molar-refractivity contribution in [3.63, 3.8) is 0 Å². The molecule has 1 rings (SSSR count). The Hall–Kier alpha value is -1.84. The van der Waals surface area contributed by atoms with Crippen LogP contribution in [0.2, 0.25) is 0 Å². The average molecular weight is 306 g/mol. The first kappa shape index (κ1) is 18.2. The Morgan fingerprint density at radius 1 is 0.955 bits per heavy atom. The summed E-state index contributed by atoms with van der Waals surface area (Å²) in [5.74, 6) is -2.75. The SMILES string of the molecule is CCCCCCCCCC(C(=O)O)c1ccccc1C(=O)O. The lowest BCUT2D eigenvalue weighted by Gasteiger charge is -2.15. The van der Waals surface area contributed by atoms with Crippen LogP contribution in [-0.4, -0.2) is 22.2 Å². The summed E-state index contributed by atoms with van der Waals surface area (Å²) in [6.45, 7) is 2.18. The maximum Gasteiger partial charge on any atom is 0.335 e. The van der Waals surface area contributed by atoms with Crippen LogP contribution in [0.5, 0.6) is 0 Å². The Morgan fingerprint density at radius 2 is 1.55 bits per heavy atom. The van der Waals surface area contributed by atoms with Gasteiger partial charge in [-0.25, -0.2) is 4.79 Å². The summed E-state index contributed by atoms with van der Waals surface area (Å²) in [5, 5.41) is 18.6. The van der Waals surface area contributed by atoms with Crippen molar-refractivity contribution in [1.82, 2.24) is 0 Å². The molecule has 0 aliphatic carbocycles. The van der Waals surface area contributed by atoms with E-state index < -0.39 is 17.9 Å². The second-order valence-corrected chi connectivity index (χ2v) is 5.69. The summed E-state index contributed by atoms with van der Waals surface area (Å²) >= 11 is 0. The normalized spacial score (nSPS) is 12.0. The van der Waals surface area contributed by atoms with E-state index in [9.17, 15) is 19.8 Å². The van der Waals surface area contributed by atoms with E-state index in [0.717, 1.165) is 19.3 Å². The molecule has 4 nitrogen and oxygen atoms in total. The van der Waals surface area contributed by atoms with Gasteiger partial charge in [0.25, 0.3) is 0 Å². The van der Waals surface area contributed by atoms with E-state index in [1.165, 1.54) is 31.7 Å². The molecule has 4 heteroatoms. The van der Waals surface area contributed by atoms with Crippen LogP contribution >= 0.6 is 0 Å². The first-order valence-corrected chi connectivity index (χ1v) is 8.13. The molecule has 0 saturated carbocycles. The van der Waals surface area contributed by atoms with Crippen molar-refractivity contribution >= 4 is 11.9 Å². The molecule has 0 spiro atoms. The number of rotatable bonds is 11. The predicted molar refractivity (Wildman–Crippen MR) is 86.4 cm³/mol. The number of carbonyl (C=O) groups is 2. The summed E-state index contributed by atoms with van der Waals surface area (Å²) in [6.07, 6.45) is 8.33. The number of benzene rings is 1. The van der Waals surface area contributed by atoms with Crippen molar-refractivity contribution in [3.05, 3.63) is 35.4 Å². The third-order valence-electron chi connectivity index (χ3n) is 3.96. The Labute approximate surface area is 132 Å². The van der Waals surface area contributed by atoms with E-state index in [4.69, 9.17) is 0 Å². The third-order valence-corrected chi connectivity index (χ3v) is 3.96. The molecule has 122 valence electrons. The van der Waals surface area contributed by atoms with Crippen LogP contribution in [0.25, 0.3) is 0 Å². The van der Waals surface area contributed by atoms with Crippen molar-refractivity contribution in [2.45, 2.75) is 64.2 Å². The van der Waals surface area contributed by atoms with Gasteiger partial charge in [-0.3, -0.25) is 4.79 Å². The maximum absolute atomic E-state index is 11.5. The molecule has 0 aliphatic heterocycles. The van der Waals surface area contributed by atoms with Gasteiger partial charge in [0.15, 0.2) is 0 Å².